The van der Waals surface area contributed by atoms with Gasteiger partial charge >= 0.3 is 6.03 Å². The van der Waals surface area contributed by atoms with Crippen LogP contribution in [0.2, 0.25) is 0 Å². The number of carbonyl (C=O) groups is 3. The molecule has 0 aromatic rings. The predicted octanol–water partition coefficient (Wildman–Crippen LogP) is 2.63. The molecule has 0 aromatic heterocycles. The second-order valence-electron chi connectivity index (χ2n) is 9.52. The van der Waals surface area contributed by atoms with Crippen molar-refractivity contribution in [3.8, 4) is 0 Å². The van der Waals surface area contributed by atoms with Crippen molar-refractivity contribution in [1.29, 1.82) is 0 Å². The number of nitrogens with one attached hydrogen (secondary N) is 2. The highest BCUT2D eigenvalue weighted by atomic mass is 16.2. The largest absolute Gasteiger partial charge is 0.339 e. The summed E-state index contributed by atoms with van der Waals surface area (Å²) >= 11 is 0. The van der Waals surface area contributed by atoms with Crippen LogP contribution in [0.15, 0.2) is 11.6 Å². The van der Waals surface area contributed by atoms with Crippen molar-refractivity contribution in [3.63, 3.8) is 0 Å². The highest BCUT2D eigenvalue weighted by molar-refractivity contribution is 5.78. The summed E-state index contributed by atoms with van der Waals surface area (Å²) in [6.45, 7) is 15.2. The molecule has 0 unspecified atom stereocenters. The van der Waals surface area contributed by atoms with Crippen molar-refractivity contribution in [3.05, 3.63) is 11.6 Å². The fraction of sp³-hybridized carbons (Fsp3) is 0.783. The lowest BCUT2D eigenvalue weighted by Crippen LogP contribution is -2.50. The zero-order valence-electron chi connectivity index (χ0n) is 19.5. The Balaban J connectivity index is 1.95. The SMILES string of the molecule is CC(=O)N1CCN(C(=O)C[C@@H]2C[C@@H](C(C)C)[C@H](CNC(=O)NC(C)C)C=C2C)CC1. The number of carbonyl (C=O) groups excluding carboxylic acids is 3. The molecule has 1 aliphatic carbocycles. The number of hydrogen-bond acceptors (Lipinski definition) is 3. The second kappa shape index (κ2) is 10.8. The highest BCUT2D eigenvalue weighted by Crippen LogP contribution is 2.39. The number of piperazine rings is 1. The Morgan fingerprint density at radius 1 is 1.07 bits per heavy atom. The van der Waals surface area contributed by atoms with Gasteiger partial charge in [-0.25, -0.2) is 4.79 Å². The minimum atomic E-state index is -0.124. The summed E-state index contributed by atoms with van der Waals surface area (Å²) in [5.41, 5.74) is 1.25. The molecule has 7 heteroatoms. The van der Waals surface area contributed by atoms with Gasteiger partial charge in [0.1, 0.15) is 0 Å². The molecule has 1 fully saturated rings. The van der Waals surface area contributed by atoms with Gasteiger partial charge < -0.3 is 20.4 Å². The normalized spacial score (nSPS) is 24.7. The number of hydrogen-bond donors (Lipinski definition) is 2. The van der Waals surface area contributed by atoms with Crippen LogP contribution in [-0.4, -0.2) is 66.4 Å². The summed E-state index contributed by atoms with van der Waals surface area (Å²) in [4.78, 5) is 40.1. The molecule has 3 atom stereocenters. The van der Waals surface area contributed by atoms with Gasteiger partial charge in [-0.05, 0) is 50.9 Å². The Morgan fingerprint density at radius 2 is 1.67 bits per heavy atom. The first kappa shape index (κ1) is 24.2. The summed E-state index contributed by atoms with van der Waals surface area (Å²) in [6, 6.07) is -0.0113. The van der Waals surface area contributed by atoms with Gasteiger partial charge in [0.2, 0.25) is 11.8 Å². The van der Waals surface area contributed by atoms with Gasteiger partial charge in [0.25, 0.3) is 0 Å². The molecule has 7 nitrogen and oxygen atoms in total. The summed E-state index contributed by atoms with van der Waals surface area (Å²) in [6.07, 6.45) is 3.77. The van der Waals surface area contributed by atoms with Crippen LogP contribution < -0.4 is 10.6 Å². The van der Waals surface area contributed by atoms with Gasteiger partial charge in [0.05, 0.1) is 0 Å². The van der Waals surface area contributed by atoms with Crippen molar-refractivity contribution in [2.75, 3.05) is 32.7 Å². The van der Waals surface area contributed by atoms with Gasteiger partial charge in [-0.2, -0.15) is 0 Å². The maximum Gasteiger partial charge on any atom is 0.315 e. The third-order valence-corrected chi connectivity index (χ3v) is 6.50. The van der Waals surface area contributed by atoms with Gasteiger partial charge in [0.15, 0.2) is 0 Å². The number of allylic oxidation sites excluding steroid dienone is 1. The van der Waals surface area contributed by atoms with Crippen molar-refractivity contribution in [1.82, 2.24) is 20.4 Å². The van der Waals surface area contributed by atoms with E-state index in [0.29, 0.717) is 51.0 Å². The van der Waals surface area contributed by atoms with Gasteiger partial charge in [-0.1, -0.05) is 25.5 Å². The smallest absolute Gasteiger partial charge is 0.315 e. The van der Waals surface area contributed by atoms with Crippen molar-refractivity contribution in [2.45, 2.75) is 60.4 Å². The van der Waals surface area contributed by atoms with Crippen LogP contribution in [0.3, 0.4) is 0 Å². The highest BCUT2D eigenvalue weighted by Gasteiger charge is 2.34. The fourth-order valence-corrected chi connectivity index (χ4v) is 4.64. The van der Waals surface area contributed by atoms with Crippen molar-refractivity contribution < 1.29 is 14.4 Å². The second-order valence-corrected chi connectivity index (χ2v) is 9.52. The summed E-state index contributed by atoms with van der Waals surface area (Å²) < 4.78 is 0. The van der Waals surface area contributed by atoms with E-state index in [-0.39, 0.29) is 35.7 Å². The summed E-state index contributed by atoms with van der Waals surface area (Å²) in [7, 11) is 0. The van der Waals surface area contributed by atoms with E-state index in [4.69, 9.17) is 0 Å². The minimum absolute atomic E-state index is 0.0784. The average molecular weight is 421 g/mol. The van der Waals surface area contributed by atoms with Crippen LogP contribution in [0.4, 0.5) is 4.79 Å². The molecule has 0 bridgehead atoms. The summed E-state index contributed by atoms with van der Waals surface area (Å²) in [5.74, 6) is 1.71. The first-order valence-corrected chi connectivity index (χ1v) is 11.3. The predicted molar refractivity (Wildman–Crippen MR) is 119 cm³/mol. The number of rotatable bonds is 6. The molecule has 4 amide bonds. The molecule has 1 aliphatic heterocycles. The molecular formula is C23H40N4O3. The molecule has 1 heterocycles. The monoisotopic (exact) mass is 420 g/mol. The minimum Gasteiger partial charge on any atom is -0.339 e. The third-order valence-electron chi connectivity index (χ3n) is 6.50. The lowest BCUT2D eigenvalue weighted by molar-refractivity contribution is -0.139. The van der Waals surface area contributed by atoms with E-state index in [1.807, 2.05) is 18.7 Å². The molecule has 1 saturated heterocycles. The van der Waals surface area contributed by atoms with Crippen LogP contribution in [0.25, 0.3) is 0 Å². The molecule has 0 saturated carbocycles. The van der Waals surface area contributed by atoms with E-state index in [1.54, 1.807) is 11.8 Å². The summed E-state index contributed by atoms with van der Waals surface area (Å²) in [5, 5.41) is 5.88. The Bertz CT molecular complexity index is 651. The number of nitrogens with zero attached hydrogens (tertiary/aromatic N) is 2. The van der Waals surface area contributed by atoms with Crippen LogP contribution in [-0.2, 0) is 9.59 Å². The van der Waals surface area contributed by atoms with E-state index in [1.165, 1.54) is 5.57 Å². The van der Waals surface area contributed by atoms with E-state index >= 15 is 0 Å². The Kier molecular flexibility index (Phi) is 8.74. The van der Waals surface area contributed by atoms with E-state index in [0.717, 1.165) is 6.42 Å². The molecule has 2 rings (SSSR count). The molecule has 2 N–H and O–H groups in total. The Morgan fingerprint density at radius 3 is 2.20 bits per heavy atom. The van der Waals surface area contributed by atoms with E-state index in [9.17, 15) is 14.4 Å². The number of amides is 4. The standard InChI is InChI=1S/C23H40N4O3/c1-15(2)21-12-19(13-22(29)27-9-7-26(8-10-27)18(6)28)17(5)11-20(21)14-24-23(30)25-16(3)4/h11,15-16,19-21H,7-10,12-14H2,1-6H3,(H2,24,25,30)/t19-,20-,21-/m0/s1. The molecule has 170 valence electrons. The molecule has 2 aliphatic rings. The van der Waals surface area contributed by atoms with E-state index in [2.05, 4.69) is 37.5 Å². The van der Waals surface area contributed by atoms with Crippen molar-refractivity contribution in [2.24, 2.45) is 23.7 Å². The topological polar surface area (TPSA) is 81.8 Å². The van der Waals surface area contributed by atoms with Crippen LogP contribution in [0.5, 0.6) is 0 Å². The lowest BCUT2D eigenvalue weighted by atomic mass is 9.69. The first-order valence-electron chi connectivity index (χ1n) is 11.3. The van der Waals surface area contributed by atoms with Crippen molar-refractivity contribution >= 4 is 17.8 Å². The van der Waals surface area contributed by atoms with Gasteiger partial charge in [0, 0.05) is 52.1 Å². The van der Waals surface area contributed by atoms with E-state index < -0.39 is 0 Å². The number of urea groups is 1. The average Bonchev–Trinajstić information content (AvgIpc) is 2.67. The molecule has 0 radical (unpaired) electrons. The molecular weight excluding hydrogens is 380 g/mol. The van der Waals surface area contributed by atoms with Crippen LogP contribution >= 0.6 is 0 Å². The third kappa shape index (κ3) is 6.74. The lowest BCUT2D eigenvalue weighted by Gasteiger charge is -2.39. The zero-order valence-corrected chi connectivity index (χ0v) is 19.5. The maximum atomic E-state index is 12.9. The van der Waals surface area contributed by atoms with Gasteiger partial charge in [-0.15, -0.1) is 0 Å². The quantitative estimate of drug-likeness (QED) is 0.648. The zero-order chi connectivity index (χ0) is 22.4. The molecule has 0 spiro atoms. The Labute approximate surface area is 181 Å². The van der Waals surface area contributed by atoms with Crippen LogP contribution in [0.1, 0.15) is 54.4 Å². The molecule has 0 aromatic carbocycles. The maximum absolute atomic E-state index is 12.9. The first-order chi connectivity index (χ1) is 14.1. The fourth-order valence-electron chi connectivity index (χ4n) is 4.64. The van der Waals surface area contributed by atoms with Gasteiger partial charge in [-0.3, -0.25) is 9.59 Å². The molecule has 30 heavy (non-hydrogen) atoms. The Hall–Kier alpha value is -2.05. The van der Waals surface area contributed by atoms with Crippen LogP contribution in [0, 0.1) is 23.7 Å².